The standard InChI is InChI=1S/C21H24N4O2S/c1-3-7-16-14-19(26)25-20(22-16)28-21(23-25)24-12-10-15(11-13-24)17-8-5-6-9-18(17)27-4-2/h5-6,8-10,14H,3-4,7,11-13H2,1-2H3. The first kappa shape index (κ1) is 18.7. The maximum absolute atomic E-state index is 12.3. The monoisotopic (exact) mass is 396 g/mol. The minimum Gasteiger partial charge on any atom is -0.493 e. The zero-order valence-electron chi connectivity index (χ0n) is 16.2. The summed E-state index contributed by atoms with van der Waals surface area (Å²) in [6.45, 7) is 6.35. The molecular weight excluding hydrogens is 372 g/mol. The molecule has 3 heterocycles. The lowest BCUT2D eigenvalue weighted by Crippen LogP contribution is -2.28. The first-order valence-electron chi connectivity index (χ1n) is 9.75. The van der Waals surface area contributed by atoms with Crippen molar-refractivity contribution in [2.45, 2.75) is 33.1 Å². The molecule has 1 aliphatic rings. The van der Waals surface area contributed by atoms with Crippen molar-refractivity contribution in [3.8, 4) is 5.75 Å². The van der Waals surface area contributed by atoms with E-state index in [1.165, 1.54) is 21.4 Å². The van der Waals surface area contributed by atoms with Crippen LogP contribution in [0.1, 0.15) is 37.9 Å². The number of hydrogen-bond acceptors (Lipinski definition) is 6. The molecular formula is C21H24N4O2S. The third-order valence-electron chi connectivity index (χ3n) is 4.81. The highest BCUT2D eigenvalue weighted by Crippen LogP contribution is 2.32. The minimum absolute atomic E-state index is 0.102. The second-order valence-electron chi connectivity index (χ2n) is 6.77. The quantitative estimate of drug-likeness (QED) is 0.634. The molecule has 146 valence electrons. The Morgan fingerprint density at radius 2 is 2.11 bits per heavy atom. The van der Waals surface area contributed by atoms with Gasteiger partial charge in [0.2, 0.25) is 10.1 Å². The van der Waals surface area contributed by atoms with Crippen molar-refractivity contribution in [2.75, 3.05) is 24.6 Å². The van der Waals surface area contributed by atoms with Gasteiger partial charge in [-0.15, -0.1) is 5.10 Å². The summed E-state index contributed by atoms with van der Waals surface area (Å²) in [6.07, 6.45) is 4.92. The van der Waals surface area contributed by atoms with Crippen molar-refractivity contribution >= 4 is 27.0 Å². The Morgan fingerprint density at radius 1 is 1.25 bits per heavy atom. The van der Waals surface area contributed by atoms with Gasteiger partial charge in [0.25, 0.3) is 5.56 Å². The van der Waals surface area contributed by atoms with Crippen LogP contribution < -0.4 is 15.2 Å². The molecule has 0 radical (unpaired) electrons. The van der Waals surface area contributed by atoms with Crippen molar-refractivity contribution in [3.05, 3.63) is 58.0 Å². The molecule has 0 aliphatic carbocycles. The zero-order valence-corrected chi connectivity index (χ0v) is 17.0. The third kappa shape index (κ3) is 3.67. The van der Waals surface area contributed by atoms with Gasteiger partial charge in [-0.3, -0.25) is 4.79 Å². The van der Waals surface area contributed by atoms with Gasteiger partial charge < -0.3 is 9.64 Å². The SMILES string of the molecule is CCCc1cc(=O)n2nc(N3CC=C(c4ccccc4OCC)CC3)sc2n1. The number of aryl methyl sites for hydroxylation is 1. The van der Waals surface area contributed by atoms with Crippen LogP contribution in [0.5, 0.6) is 5.75 Å². The highest BCUT2D eigenvalue weighted by Gasteiger charge is 2.19. The van der Waals surface area contributed by atoms with Crippen LogP contribution in [0.3, 0.4) is 0 Å². The molecule has 2 aromatic heterocycles. The second-order valence-corrected chi connectivity index (χ2v) is 7.70. The van der Waals surface area contributed by atoms with Crippen LogP contribution in [0, 0.1) is 0 Å². The average molecular weight is 397 g/mol. The molecule has 0 fully saturated rings. The van der Waals surface area contributed by atoms with Crippen LogP contribution in [-0.4, -0.2) is 34.3 Å². The van der Waals surface area contributed by atoms with Gasteiger partial charge in [0.1, 0.15) is 5.75 Å². The fourth-order valence-corrected chi connectivity index (χ4v) is 4.42. The molecule has 1 aliphatic heterocycles. The van der Waals surface area contributed by atoms with E-state index in [0.29, 0.717) is 11.6 Å². The van der Waals surface area contributed by atoms with Crippen LogP contribution in [0.15, 0.2) is 41.2 Å². The molecule has 0 bridgehead atoms. The first-order valence-corrected chi connectivity index (χ1v) is 10.6. The van der Waals surface area contributed by atoms with Gasteiger partial charge in [-0.2, -0.15) is 4.52 Å². The highest BCUT2D eigenvalue weighted by molar-refractivity contribution is 7.20. The fourth-order valence-electron chi connectivity index (χ4n) is 3.46. The lowest BCUT2D eigenvalue weighted by Gasteiger charge is -2.26. The highest BCUT2D eigenvalue weighted by atomic mass is 32.1. The number of aromatic nitrogens is 3. The van der Waals surface area contributed by atoms with Crippen LogP contribution >= 0.6 is 11.3 Å². The van der Waals surface area contributed by atoms with Crippen molar-refractivity contribution in [3.63, 3.8) is 0 Å². The van der Waals surface area contributed by atoms with Gasteiger partial charge in [-0.05, 0) is 31.4 Å². The molecule has 0 saturated heterocycles. The van der Waals surface area contributed by atoms with E-state index in [9.17, 15) is 4.79 Å². The number of hydrogen-bond donors (Lipinski definition) is 0. The molecule has 0 amide bonds. The number of ether oxygens (including phenoxy) is 1. The predicted octanol–water partition coefficient (Wildman–Crippen LogP) is 3.80. The summed E-state index contributed by atoms with van der Waals surface area (Å²) in [4.78, 5) is 19.8. The number of fused-ring (bicyclic) bond motifs is 1. The van der Waals surface area contributed by atoms with Crippen LogP contribution in [0.25, 0.3) is 10.5 Å². The molecule has 0 unspecified atom stereocenters. The molecule has 0 atom stereocenters. The predicted molar refractivity (Wildman–Crippen MR) is 114 cm³/mol. The normalized spacial score (nSPS) is 14.4. The third-order valence-corrected chi connectivity index (χ3v) is 5.78. The summed E-state index contributed by atoms with van der Waals surface area (Å²) >= 11 is 1.48. The fraction of sp³-hybridized carbons (Fsp3) is 0.381. The van der Waals surface area contributed by atoms with Crippen LogP contribution in [0.4, 0.5) is 5.13 Å². The maximum Gasteiger partial charge on any atom is 0.275 e. The summed E-state index contributed by atoms with van der Waals surface area (Å²) in [5, 5.41) is 5.35. The van der Waals surface area contributed by atoms with Crippen LogP contribution in [0.2, 0.25) is 0 Å². The van der Waals surface area contributed by atoms with Crippen molar-refractivity contribution in [2.24, 2.45) is 0 Å². The number of rotatable bonds is 6. The lowest BCUT2D eigenvalue weighted by molar-refractivity contribution is 0.339. The van der Waals surface area contributed by atoms with Crippen molar-refractivity contribution in [1.29, 1.82) is 0 Å². The summed E-state index contributed by atoms with van der Waals surface area (Å²) in [5.74, 6) is 0.934. The van der Waals surface area contributed by atoms with E-state index in [0.717, 1.165) is 54.5 Å². The largest absolute Gasteiger partial charge is 0.493 e. The Balaban J connectivity index is 1.58. The van der Waals surface area contributed by atoms with E-state index in [1.54, 1.807) is 6.07 Å². The molecule has 28 heavy (non-hydrogen) atoms. The van der Waals surface area contributed by atoms with Gasteiger partial charge in [-0.25, -0.2) is 4.98 Å². The molecule has 3 aromatic rings. The molecule has 0 N–H and O–H groups in total. The Morgan fingerprint density at radius 3 is 2.86 bits per heavy atom. The average Bonchev–Trinajstić information content (AvgIpc) is 3.14. The van der Waals surface area contributed by atoms with E-state index >= 15 is 0 Å². The molecule has 0 spiro atoms. The molecule has 4 rings (SSSR count). The van der Waals surface area contributed by atoms with Gasteiger partial charge in [0, 0.05) is 30.4 Å². The Bertz CT molecular complexity index is 1070. The van der Waals surface area contributed by atoms with E-state index in [4.69, 9.17) is 4.74 Å². The zero-order chi connectivity index (χ0) is 19.5. The second kappa shape index (κ2) is 8.14. The van der Waals surface area contributed by atoms with Crippen LogP contribution in [-0.2, 0) is 6.42 Å². The van der Waals surface area contributed by atoms with E-state index in [2.05, 4.69) is 34.0 Å². The van der Waals surface area contributed by atoms with Gasteiger partial charge in [0.05, 0.1) is 6.61 Å². The molecule has 1 aromatic carbocycles. The minimum atomic E-state index is -0.102. The Labute approximate surface area is 168 Å². The summed E-state index contributed by atoms with van der Waals surface area (Å²) in [5.41, 5.74) is 3.20. The first-order chi connectivity index (χ1) is 13.7. The van der Waals surface area contributed by atoms with Gasteiger partial charge >= 0.3 is 0 Å². The summed E-state index contributed by atoms with van der Waals surface area (Å²) in [6, 6.07) is 9.78. The summed E-state index contributed by atoms with van der Waals surface area (Å²) < 4.78 is 7.19. The number of anilines is 1. The van der Waals surface area contributed by atoms with Crippen molar-refractivity contribution in [1.82, 2.24) is 14.6 Å². The number of benzene rings is 1. The molecule has 0 saturated carbocycles. The number of para-hydroxylation sites is 1. The molecule has 7 heteroatoms. The van der Waals surface area contributed by atoms with E-state index < -0.39 is 0 Å². The number of nitrogens with zero attached hydrogens (tertiary/aromatic N) is 4. The molecule has 6 nitrogen and oxygen atoms in total. The van der Waals surface area contributed by atoms with E-state index in [1.807, 2.05) is 25.1 Å². The van der Waals surface area contributed by atoms with Crippen molar-refractivity contribution < 1.29 is 4.74 Å². The Hall–Kier alpha value is -2.67. The van der Waals surface area contributed by atoms with Gasteiger partial charge in [0.15, 0.2) is 0 Å². The lowest BCUT2D eigenvalue weighted by atomic mass is 9.99. The topological polar surface area (TPSA) is 59.7 Å². The smallest absolute Gasteiger partial charge is 0.275 e. The van der Waals surface area contributed by atoms with E-state index in [-0.39, 0.29) is 5.56 Å². The van der Waals surface area contributed by atoms with Gasteiger partial charge in [-0.1, -0.05) is 49.0 Å². The maximum atomic E-state index is 12.3. The summed E-state index contributed by atoms with van der Waals surface area (Å²) in [7, 11) is 0. The Kier molecular flexibility index (Phi) is 5.43.